The second-order valence-corrected chi connectivity index (χ2v) is 2.44. The summed E-state index contributed by atoms with van der Waals surface area (Å²) in [6, 6.07) is 0. The molecule has 1 aliphatic heterocycles. The molecule has 1 saturated heterocycles. The molecule has 1 heterocycles. The summed E-state index contributed by atoms with van der Waals surface area (Å²) in [5.74, 6) is 0. The Kier molecular flexibility index (Phi) is 3.10. The number of hydrogen-bond donors (Lipinski definition) is 0. The molecule has 0 aliphatic carbocycles. The van der Waals surface area contributed by atoms with Crippen molar-refractivity contribution in [3.05, 3.63) is 12.2 Å². The largest absolute Gasteiger partial charge is 0.508 e. The Morgan fingerprint density at radius 2 is 2.50 bits per heavy atom. The van der Waals surface area contributed by atoms with Gasteiger partial charge in [-0.25, -0.2) is 4.79 Å². The molecule has 0 aromatic heterocycles. The molecule has 2 atom stereocenters. The van der Waals surface area contributed by atoms with Gasteiger partial charge in [0.05, 0.1) is 0 Å². The van der Waals surface area contributed by atoms with Gasteiger partial charge in [0.1, 0.15) is 12.7 Å². The van der Waals surface area contributed by atoms with E-state index in [9.17, 15) is 4.79 Å². The molecule has 0 radical (unpaired) electrons. The van der Waals surface area contributed by atoms with Gasteiger partial charge >= 0.3 is 6.16 Å². The minimum absolute atomic E-state index is 0.207. The topological polar surface area (TPSA) is 44.8 Å². The summed E-state index contributed by atoms with van der Waals surface area (Å²) in [5, 5.41) is 0. The number of hydrogen-bond acceptors (Lipinski definition) is 4. The van der Waals surface area contributed by atoms with Crippen LogP contribution in [0.2, 0.25) is 0 Å². The standard InChI is InChI=1S/C8H12O4/c1-3-4-6(10-2)7-5-11-8(9)12-7/h3-4,6-7H,5H2,1-2H3. The SMILES string of the molecule is CC=CC(OC)C1COC(=O)O1. The van der Waals surface area contributed by atoms with Crippen molar-refractivity contribution in [3.8, 4) is 0 Å². The fourth-order valence-corrected chi connectivity index (χ4v) is 1.05. The Balaban J connectivity index is 2.49. The first-order valence-electron chi connectivity index (χ1n) is 3.77. The van der Waals surface area contributed by atoms with Crippen LogP contribution in [0.15, 0.2) is 12.2 Å². The van der Waals surface area contributed by atoms with Crippen molar-refractivity contribution in [2.75, 3.05) is 13.7 Å². The number of cyclic esters (lactones) is 2. The zero-order chi connectivity index (χ0) is 8.97. The first kappa shape index (κ1) is 9.06. The fraction of sp³-hybridized carbons (Fsp3) is 0.625. The quantitative estimate of drug-likeness (QED) is 0.472. The van der Waals surface area contributed by atoms with E-state index in [1.807, 2.05) is 19.1 Å². The minimum atomic E-state index is -0.619. The van der Waals surface area contributed by atoms with Crippen LogP contribution in [0.3, 0.4) is 0 Å². The van der Waals surface area contributed by atoms with E-state index in [1.54, 1.807) is 7.11 Å². The van der Waals surface area contributed by atoms with Crippen LogP contribution < -0.4 is 0 Å². The van der Waals surface area contributed by atoms with E-state index >= 15 is 0 Å². The summed E-state index contributed by atoms with van der Waals surface area (Å²) in [4.78, 5) is 10.6. The molecule has 2 unspecified atom stereocenters. The molecule has 12 heavy (non-hydrogen) atoms. The van der Waals surface area contributed by atoms with Crippen molar-refractivity contribution < 1.29 is 19.0 Å². The normalized spacial score (nSPS) is 25.5. The van der Waals surface area contributed by atoms with E-state index in [4.69, 9.17) is 9.47 Å². The van der Waals surface area contributed by atoms with Crippen molar-refractivity contribution >= 4 is 6.16 Å². The molecule has 1 rings (SSSR count). The van der Waals surface area contributed by atoms with Gasteiger partial charge in [-0.15, -0.1) is 0 Å². The molecule has 1 aliphatic rings. The predicted molar refractivity (Wildman–Crippen MR) is 41.8 cm³/mol. The molecule has 0 saturated carbocycles. The summed E-state index contributed by atoms with van der Waals surface area (Å²) in [5.41, 5.74) is 0. The minimum Gasteiger partial charge on any atom is -0.430 e. The Morgan fingerprint density at radius 3 is 2.92 bits per heavy atom. The van der Waals surface area contributed by atoms with Crippen molar-refractivity contribution in [3.63, 3.8) is 0 Å². The van der Waals surface area contributed by atoms with E-state index in [0.717, 1.165) is 0 Å². The lowest BCUT2D eigenvalue weighted by Crippen LogP contribution is -2.28. The van der Waals surface area contributed by atoms with Gasteiger partial charge in [-0.1, -0.05) is 12.2 Å². The van der Waals surface area contributed by atoms with Gasteiger partial charge in [0, 0.05) is 7.11 Å². The molecule has 0 aromatic rings. The predicted octanol–water partition coefficient (Wildman–Crippen LogP) is 1.11. The zero-order valence-corrected chi connectivity index (χ0v) is 7.15. The third-order valence-electron chi connectivity index (χ3n) is 1.63. The highest BCUT2D eigenvalue weighted by Crippen LogP contribution is 2.13. The molecule has 0 amide bonds. The molecule has 68 valence electrons. The molecule has 1 fully saturated rings. The maximum atomic E-state index is 10.6. The molecule has 0 bridgehead atoms. The molecule has 0 spiro atoms. The summed E-state index contributed by atoms with van der Waals surface area (Å²) in [7, 11) is 1.57. The Bertz CT molecular complexity index is 187. The second kappa shape index (κ2) is 4.11. The zero-order valence-electron chi connectivity index (χ0n) is 7.15. The maximum Gasteiger partial charge on any atom is 0.508 e. The fourth-order valence-electron chi connectivity index (χ4n) is 1.05. The Labute approximate surface area is 71.1 Å². The molecular weight excluding hydrogens is 160 g/mol. The summed E-state index contributed by atoms with van der Waals surface area (Å²) >= 11 is 0. The van der Waals surface area contributed by atoms with Crippen molar-refractivity contribution in [2.45, 2.75) is 19.1 Å². The third kappa shape index (κ3) is 1.98. The van der Waals surface area contributed by atoms with Gasteiger partial charge in [0.2, 0.25) is 0 Å². The van der Waals surface area contributed by atoms with E-state index in [1.165, 1.54) is 0 Å². The number of carbonyl (C=O) groups excluding carboxylic acids is 1. The van der Waals surface area contributed by atoms with E-state index < -0.39 is 6.16 Å². The van der Waals surface area contributed by atoms with E-state index in [-0.39, 0.29) is 18.8 Å². The highest BCUT2D eigenvalue weighted by atomic mass is 16.8. The smallest absolute Gasteiger partial charge is 0.430 e. The van der Waals surface area contributed by atoms with Crippen molar-refractivity contribution in [1.29, 1.82) is 0 Å². The van der Waals surface area contributed by atoms with Gasteiger partial charge in [0.15, 0.2) is 6.10 Å². The lowest BCUT2D eigenvalue weighted by Gasteiger charge is -2.14. The first-order chi connectivity index (χ1) is 5.77. The van der Waals surface area contributed by atoms with Crippen LogP contribution >= 0.6 is 0 Å². The third-order valence-corrected chi connectivity index (χ3v) is 1.63. The Hall–Kier alpha value is -1.03. The highest BCUT2D eigenvalue weighted by molar-refractivity contribution is 5.62. The van der Waals surface area contributed by atoms with Crippen LogP contribution in [-0.4, -0.2) is 32.1 Å². The van der Waals surface area contributed by atoms with Gasteiger partial charge < -0.3 is 14.2 Å². The molecule has 4 nitrogen and oxygen atoms in total. The van der Waals surface area contributed by atoms with Crippen LogP contribution in [0.1, 0.15) is 6.92 Å². The first-order valence-corrected chi connectivity index (χ1v) is 3.77. The van der Waals surface area contributed by atoms with Gasteiger partial charge in [-0.2, -0.15) is 0 Å². The lowest BCUT2D eigenvalue weighted by atomic mass is 10.2. The summed E-state index contributed by atoms with van der Waals surface area (Å²) < 4.78 is 14.5. The summed E-state index contributed by atoms with van der Waals surface area (Å²) in [6.07, 6.45) is 2.54. The van der Waals surface area contributed by atoms with Crippen LogP contribution in [0.4, 0.5) is 4.79 Å². The van der Waals surface area contributed by atoms with Crippen LogP contribution in [-0.2, 0) is 14.2 Å². The maximum absolute atomic E-state index is 10.6. The van der Waals surface area contributed by atoms with Gasteiger partial charge in [-0.3, -0.25) is 0 Å². The number of allylic oxidation sites excluding steroid dienone is 1. The highest BCUT2D eigenvalue weighted by Gasteiger charge is 2.31. The van der Waals surface area contributed by atoms with Crippen LogP contribution in [0.25, 0.3) is 0 Å². The van der Waals surface area contributed by atoms with Crippen LogP contribution in [0, 0.1) is 0 Å². The number of methoxy groups -OCH3 is 1. The monoisotopic (exact) mass is 172 g/mol. The number of ether oxygens (including phenoxy) is 3. The molecule has 4 heteroatoms. The van der Waals surface area contributed by atoms with Gasteiger partial charge in [-0.05, 0) is 6.92 Å². The van der Waals surface area contributed by atoms with E-state index in [2.05, 4.69) is 4.74 Å². The van der Waals surface area contributed by atoms with Crippen molar-refractivity contribution in [1.82, 2.24) is 0 Å². The Morgan fingerprint density at radius 1 is 1.75 bits per heavy atom. The van der Waals surface area contributed by atoms with Crippen LogP contribution in [0.5, 0.6) is 0 Å². The number of carbonyl (C=O) groups is 1. The van der Waals surface area contributed by atoms with E-state index in [0.29, 0.717) is 0 Å². The molecule has 0 aromatic carbocycles. The van der Waals surface area contributed by atoms with Crippen molar-refractivity contribution in [2.24, 2.45) is 0 Å². The second-order valence-electron chi connectivity index (χ2n) is 2.44. The lowest BCUT2D eigenvalue weighted by molar-refractivity contribution is 0.0291. The summed E-state index contributed by atoms with van der Waals surface area (Å²) in [6.45, 7) is 2.14. The molecular formula is C8H12O4. The number of rotatable bonds is 3. The molecule has 0 N–H and O–H groups in total. The van der Waals surface area contributed by atoms with Gasteiger partial charge in [0.25, 0.3) is 0 Å². The average Bonchev–Trinajstić information content (AvgIpc) is 2.47. The average molecular weight is 172 g/mol.